The number of hydrogen-bond acceptors (Lipinski definition) is 3. The van der Waals surface area contributed by atoms with Crippen LogP contribution in [0.5, 0.6) is 0 Å². The first-order valence-corrected chi connectivity index (χ1v) is 18.3. The van der Waals surface area contributed by atoms with Crippen LogP contribution in [0.3, 0.4) is 0 Å². The average Bonchev–Trinajstić information content (AvgIpc) is 3.80. The Morgan fingerprint density at radius 3 is 1.72 bits per heavy atom. The van der Waals surface area contributed by atoms with Crippen molar-refractivity contribution < 1.29 is 4.42 Å². The lowest BCUT2D eigenvalue weighted by Crippen LogP contribution is -2.03. The van der Waals surface area contributed by atoms with Gasteiger partial charge in [0.05, 0.1) is 22.1 Å². The van der Waals surface area contributed by atoms with Crippen LogP contribution in [0.4, 0.5) is 0 Å². The Bertz CT molecular complexity index is 3450. The van der Waals surface area contributed by atoms with E-state index < -0.39 is 0 Å². The van der Waals surface area contributed by atoms with Crippen LogP contribution in [0.25, 0.3) is 115 Å². The summed E-state index contributed by atoms with van der Waals surface area (Å²) in [5.74, 6) is 0.574. The summed E-state index contributed by atoms with van der Waals surface area (Å²) in [5, 5.41) is 14.0. The van der Waals surface area contributed by atoms with Gasteiger partial charge in [0.1, 0.15) is 5.58 Å². The lowest BCUT2D eigenvalue weighted by Gasteiger charge is -2.13. The summed E-state index contributed by atoms with van der Waals surface area (Å²) in [4.78, 5) is 10.8. The van der Waals surface area contributed by atoms with E-state index in [-0.39, 0.29) is 0 Å². The molecule has 0 aliphatic heterocycles. The summed E-state index contributed by atoms with van der Waals surface area (Å²) in [6.07, 6.45) is 0. The fourth-order valence-electron chi connectivity index (χ4n) is 8.84. The van der Waals surface area contributed by atoms with Crippen LogP contribution in [-0.2, 0) is 0 Å². The Hall–Kier alpha value is -7.30. The molecule has 0 bridgehead atoms. The molecule has 12 aromatic rings. The van der Waals surface area contributed by atoms with E-state index in [1.54, 1.807) is 0 Å². The van der Waals surface area contributed by atoms with Crippen LogP contribution in [-0.4, -0.2) is 14.5 Å². The van der Waals surface area contributed by atoms with Gasteiger partial charge in [0.2, 0.25) is 11.7 Å². The van der Waals surface area contributed by atoms with Crippen molar-refractivity contribution in [1.29, 1.82) is 0 Å². The van der Waals surface area contributed by atoms with Crippen molar-refractivity contribution in [3.63, 3.8) is 0 Å². The third-order valence-corrected chi connectivity index (χ3v) is 11.2. The minimum Gasteiger partial charge on any atom is -0.437 e. The number of nitrogens with zero attached hydrogens (tertiary/aromatic N) is 3. The molecule has 54 heavy (non-hydrogen) atoms. The van der Waals surface area contributed by atoms with Crippen molar-refractivity contribution in [2.45, 2.75) is 0 Å². The van der Waals surface area contributed by atoms with Crippen molar-refractivity contribution in [2.24, 2.45) is 0 Å². The number of para-hydroxylation sites is 1. The van der Waals surface area contributed by atoms with Gasteiger partial charge in [-0.15, -0.1) is 0 Å². The van der Waals surface area contributed by atoms with Gasteiger partial charge in [-0.25, -0.2) is 4.98 Å². The Morgan fingerprint density at radius 2 is 0.944 bits per heavy atom. The monoisotopic (exact) mass is 687 g/mol. The van der Waals surface area contributed by atoms with Crippen LogP contribution in [0.1, 0.15) is 0 Å². The first-order valence-electron chi connectivity index (χ1n) is 18.3. The van der Waals surface area contributed by atoms with Gasteiger partial charge in [0.15, 0.2) is 0 Å². The van der Waals surface area contributed by atoms with Gasteiger partial charge in [-0.3, -0.25) is 4.57 Å². The zero-order chi connectivity index (χ0) is 35.3. The maximum atomic E-state index is 6.57. The molecule has 0 atom stereocenters. The van der Waals surface area contributed by atoms with Crippen LogP contribution in [0.2, 0.25) is 0 Å². The molecule has 0 radical (unpaired) electrons. The van der Waals surface area contributed by atoms with E-state index in [1.807, 2.05) is 24.3 Å². The van der Waals surface area contributed by atoms with Crippen molar-refractivity contribution >= 4 is 87.0 Å². The normalized spacial score (nSPS) is 12.1. The molecule has 4 heteroatoms. The van der Waals surface area contributed by atoms with E-state index in [9.17, 15) is 0 Å². The summed E-state index contributed by atoms with van der Waals surface area (Å²) in [6.45, 7) is 0. The first-order chi connectivity index (χ1) is 26.8. The molecular formula is C50H29N3O. The Labute approximate surface area is 309 Å². The maximum Gasteiger partial charge on any atom is 0.238 e. The first kappa shape index (κ1) is 29.3. The van der Waals surface area contributed by atoms with E-state index in [2.05, 4.69) is 156 Å². The van der Waals surface area contributed by atoms with Crippen LogP contribution in [0, 0.1) is 0 Å². The van der Waals surface area contributed by atoms with Crippen LogP contribution >= 0.6 is 0 Å². The summed E-state index contributed by atoms with van der Waals surface area (Å²) in [6, 6.07) is 62.6. The quantitative estimate of drug-likeness (QED) is 0.174. The zero-order valence-corrected chi connectivity index (χ0v) is 29.0. The predicted octanol–water partition coefficient (Wildman–Crippen LogP) is 13.4. The van der Waals surface area contributed by atoms with Crippen molar-refractivity contribution in [3.8, 4) is 28.3 Å². The molecule has 0 aliphatic carbocycles. The molecule has 0 saturated heterocycles. The third kappa shape index (κ3) is 4.08. The maximum absolute atomic E-state index is 6.57. The van der Waals surface area contributed by atoms with E-state index in [0.717, 1.165) is 60.4 Å². The minimum absolute atomic E-state index is 0.566. The van der Waals surface area contributed by atoms with Gasteiger partial charge in [0.25, 0.3) is 0 Å². The van der Waals surface area contributed by atoms with Gasteiger partial charge < -0.3 is 4.42 Å². The second kappa shape index (κ2) is 11.1. The molecule has 0 saturated carbocycles. The molecule has 9 aromatic carbocycles. The number of aromatic nitrogens is 3. The number of rotatable bonds is 3. The molecule has 0 amide bonds. The van der Waals surface area contributed by atoms with Gasteiger partial charge >= 0.3 is 0 Å². The molecule has 0 spiro atoms. The highest BCUT2D eigenvalue weighted by Gasteiger charge is 2.24. The highest BCUT2D eigenvalue weighted by atomic mass is 16.3. The molecule has 0 aliphatic rings. The molecule has 4 nitrogen and oxygen atoms in total. The summed E-state index contributed by atoms with van der Waals surface area (Å²) < 4.78 is 8.84. The third-order valence-electron chi connectivity index (χ3n) is 11.2. The lowest BCUT2D eigenvalue weighted by molar-refractivity contribution is 0.651. The van der Waals surface area contributed by atoms with Gasteiger partial charge in [-0.2, -0.15) is 4.98 Å². The standard InChI is InChI=1S/C50H29N3O/c1-2-12-30(13-3-1)31-22-24-33(25-23-31)47-46-40-20-10-11-21-43(40)54-49(46)52-50(51-47)53-42-29-28-39-37-18-7-6-16-35(37)36-17-8-9-19-38(36)44(39)45(42)41-27-26-32-14-4-5-15-34(32)48(41)53/h1-29H. The molecule has 0 N–H and O–H groups in total. The van der Waals surface area contributed by atoms with Crippen LogP contribution < -0.4 is 0 Å². The molecule has 250 valence electrons. The molecule has 0 fully saturated rings. The Kier molecular flexibility index (Phi) is 6.02. The van der Waals surface area contributed by atoms with E-state index in [0.29, 0.717) is 11.7 Å². The lowest BCUT2D eigenvalue weighted by atomic mass is 9.91. The van der Waals surface area contributed by atoms with Crippen molar-refractivity contribution in [3.05, 3.63) is 176 Å². The summed E-state index contributed by atoms with van der Waals surface area (Å²) in [7, 11) is 0. The summed E-state index contributed by atoms with van der Waals surface area (Å²) in [5.41, 5.74) is 7.66. The smallest absolute Gasteiger partial charge is 0.238 e. The highest BCUT2D eigenvalue weighted by molar-refractivity contribution is 6.36. The van der Waals surface area contributed by atoms with Gasteiger partial charge in [0, 0.05) is 32.5 Å². The minimum atomic E-state index is 0.566. The fourth-order valence-corrected chi connectivity index (χ4v) is 8.84. The highest BCUT2D eigenvalue weighted by Crippen LogP contribution is 2.45. The second-order valence-corrected chi connectivity index (χ2v) is 14.1. The summed E-state index contributed by atoms with van der Waals surface area (Å²) >= 11 is 0. The SMILES string of the molecule is c1ccc(-c2ccc(-c3nc(-n4c5ccc6c7ccccc7c7ccccc7c6c5c5ccc6ccccc6c54)nc4oc5ccccc5c34)cc2)cc1. The number of benzene rings is 9. The molecular weight excluding hydrogens is 659 g/mol. The molecule has 0 unspecified atom stereocenters. The molecule has 3 aromatic heterocycles. The van der Waals surface area contributed by atoms with E-state index in [1.165, 1.54) is 43.3 Å². The van der Waals surface area contributed by atoms with Crippen LogP contribution in [0.15, 0.2) is 180 Å². The fraction of sp³-hybridized carbons (Fsp3) is 0. The Morgan fingerprint density at radius 1 is 0.370 bits per heavy atom. The van der Waals surface area contributed by atoms with Crippen molar-refractivity contribution in [1.82, 2.24) is 14.5 Å². The topological polar surface area (TPSA) is 43.9 Å². The zero-order valence-electron chi connectivity index (χ0n) is 29.0. The number of hydrogen-bond donors (Lipinski definition) is 0. The average molecular weight is 688 g/mol. The van der Waals surface area contributed by atoms with Gasteiger partial charge in [-0.05, 0) is 55.6 Å². The number of furan rings is 1. The second-order valence-electron chi connectivity index (χ2n) is 14.1. The van der Waals surface area contributed by atoms with Gasteiger partial charge in [-0.1, -0.05) is 164 Å². The largest absolute Gasteiger partial charge is 0.437 e. The predicted molar refractivity (Wildman–Crippen MR) is 225 cm³/mol. The Balaban J connectivity index is 1.24. The molecule has 12 rings (SSSR count). The van der Waals surface area contributed by atoms with Crippen molar-refractivity contribution in [2.75, 3.05) is 0 Å². The van der Waals surface area contributed by atoms with E-state index >= 15 is 0 Å². The number of fused-ring (bicyclic) bond motifs is 15. The molecule has 3 heterocycles. The van der Waals surface area contributed by atoms with E-state index in [4.69, 9.17) is 14.4 Å².